The average Bonchev–Trinajstić information content (AvgIpc) is 3.52. The van der Waals surface area contributed by atoms with Crippen molar-refractivity contribution in [3.05, 3.63) is 59.0 Å². The zero-order valence-electron chi connectivity index (χ0n) is 16.4. The van der Waals surface area contributed by atoms with Gasteiger partial charge >= 0.3 is 0 Å². The van der Waals surface area contributed by atoms with Crippen molar-refractivity contribution in [1.82, 2.24) is 24.5 Å². The molecule has 1 amide bonds. The minimum Gasteiger partial charge on any atom is -0.289 e. The lowest BCUT2D eigenvalue weighted by Gasteiger charge is -2.33. The molecule has 1 aliphatic carbocycles. The van der Waals surface area contributed by atoms with Crippen molar-refractivity contribution < 1.29 is 4.79 Å². The maximum absolute atomic E-state index is 13.0. The molecule has 0 spiro atoms. The van der Waals surface area contributed by atoms with E-state index in [1.54, 1.807) is 22.8 Å². The van der Waals surface area contributed by atoms with Gasteiger partial charge in [0.15, 0.2) is 5.82 Å². The van der Waals surface area contributed by atoms with Gasteiger partial charge in [0.25, 0.3) is 5.91 Å². The van der Waals surface area contributed by atoms with Crippen molar-refractivity contribution in [1.29, 1.82) is 0 Å². The lowest BCUT2D eigenvalue weighted by Crippen LogP contribution is -2.51. The zero-order chi connectivity index (χ0) is 20.4. The Morgan fingerprint density at radius 1 is 1.20 bits per heavy atom. The first-order valence-electron chi connectivity index (χ1n) is 10.1. The van der Waals surface area contributed by atoms with Crippen LogP contribution in [-0.2, 0) is 6.54 Å². The van der Waals surface area contributed by atoms with Crippen LogP contribution in [0.4, 0.5) is 5.82 Å². The van der Waals surface area contributed by atoms with Gasteiger partial charge in [-0.05, 0) is 43.0 Å². The molecule has 2 aliphatic heterocycles. The van der Waals surface area contributed by atoms with E-state index in [1.807, 2.05) is 41.2 Å². The van der Waals surface area contributed by atoms with Gasteiger partial charge in [0, 0.05) is 19.4 Å². The van der Waals surface area contributed by atoms with Crippen molar-refractivity contribution in [2.24, 2.45) is 4.99 Å². The first-order chi connectivity index (χ1) is 14.6. The number of carbonyl (C=O) groups is 1. The Labute approximate surface area is 178 Å². The fourth-order valence-electron chi connectivity index (χ4n) is 4.73. The van der Waals surface area contributed by atoms with Crippen molar-refractivity contribution in [2.45, 2.75) is 37.9 Å². The Balaban J connectivity index is 1.35. The molecular formula is C21H20ClN7O. The molecule has 1 fully saturated rings. The lowest BCUT2D eigenvalue weighted by atomic mass is 10.1. The highest BCUT2D eigenvalue weighted by atomic mass is 35.5. The summed E-state index contributed by atoms with van der Waals surface area (Å²) in [6.45, 7) is 0.483. The SMILES string of the molecule is CN1C(=O)c2c(nn(Cc3ccc(-n4cccn4)cc3)c2Cl)N2C1=N[C@@H]1CCC[C@@H]12. The molecule has 152 valence electrons. The van der Waals surface area contributed by atoms with Crippen LogP contribution >= 0.6 is 11.6 Å². The van der Waals surface area contributed by atoms with Gasteiger partial charge in [0.2, 0.25) is 5.96 Å². The number of rotatable bonds is 3. The second-order valence-corrected chi connectivity index (χ2v) is 8.35. The van der Waals surface area contributed by atoms with Crippen molar-refractivity contribution >= 4 is 29.3 Å². The van der Waals surface area contributed by atoms with Crippen molar-refractivity contribution in [3.63, 3.8) is 0 Å². The number of nitrogens with zero attached hydrogens (tertiary/aromatic N) is 7. The predicted octanol–water partition coefficient (Wildman–Crippen LogP) is 2.95. The van der Waals surface area contributed by atoms with Crippen LogP contribution in [0.1, 0.15) is 35.2 Å². The van der Waals surface area contributed by atoms with E-state index in [4.69, 9.17) is 21.7 Å². The summed E-state index contributed by atoms with van der Waals surface area (Å²) in [4.78, 5) is 21.6. The van der Waals surface area contributed by atoms with Crippen molar-refractivity contribution in [3.8, 4) is 5.69 Å². The summed E-state index contributed by atoms with van der Waals surface area (Å²) in [6.07, 6.45) is 6.91. The van der Waals surface area contributed by atoms with E-state index in [9.17, 15) is 4.79 Å². The molecule has 1 aromatic carbocycles. The van der Waals surface area contributed by atoms with Crippen LogP contribution < -0.4 is 4.90 Å². The topological polar surface area (TPSA) is 71.6 Å². The molecule has 30 heavy (non-hydrogen) atoms. The maximum atomic E-state index is 13.0. The van der Waals surface area contributed by atoms with Gasteiger partial charge in [-0.2, -0.15) is 10.2 Å². The van der Waals surface area contributed by atoms with Crippen LogP contribution in [-0.4, -0.2) is 55.5 Å². The number of aliphatic imine (C=N–C) groups is 1. The molecule has 0 bridgehead atoms. The number of amides is 1. The number of benzene rings is 1. The largest absolute Gasteiger partial charge is 0.289 e. The minimum atomic E-state index is -0.148. The van der Waals surface area contributed by atoms with Crippen LogP contribution in [0.3, 0.4) is 0 Å². The number of halogens is 1. The Hall–Kier alpha value is -3.13. The first-order valence-corrected chi connectivity index (χ1v) is 10.5. The van der Waals surface area contributed by atoms with Gasteiger partial charge < -0.3 is 0 Å². The molecule has 0 N–H and O–H groups in total. The summed E-state index contributed by atoms with van der Waals surface area (Å²) < 4.78 is 3.52. The van der Waals surface area contributed by atoms with Crippen molar-refractivity contribution in [2.75, 3.05) is 11.9 Å². The third kappa shape index (κ3) is 2.46. The highest BCUT2D eigenvalue weighted by molar-refractivity contribution is 6.35. The molecule has 2 aromatic heterocycles. The number of hydrogen-bond donors (Lipinski definition) is 0. The highest BCUT2D eigenvalue weighted by Gasteiger charge is 2.49. The van der Waals surface area contributed by atoms with E-state index >= 15 is 0 Å². The first kappa shape index (κ1) is 17.7. The number of hydrogen-bond acceptors (Lipinski definition) is 5. The van der Waals surface area contributed by atoms with Gasteiger partial charge in [-0.15, -0.1) is 0 Å². The number of anilines is 1. The van der Waals surface area contributed by atoms with E-state index in [0.29, 0.717) is 29.0 Å². The van der Waals surface area contributed by atoms with Crippen LogP contribution in [0.5, 0.6) is 0 Å². The van der Waals surface area contributed by atoms with Crippen LogP contribution in [0.25, 0.3) is 5.69 Å². The number of fused-ring (bicyclic) bond motifs is 5. The second kappa shape index (κ2) is 6.43. The van der Waals surface area contributed by atoms with Gasteiger partial charge in [0.05, 0.1) is 24.3 Å². The molecule has 9 heteroatoms. The third-order valence-electron chi connectivity index (χ3n) is 6.23. The molecule has 3 aromatic rings. The van der Waals surface area contributed by atoms with E-state index in [2.05, 4.69) is 10.00 Å². The molecule has 2 atom stereocenters. The normalized spacial score (nSPS) is 22.2. The molecule has 0 radical (unpaired) electrons. The molecule has 8 nitrogen and oxygen atoms in total. The maximum Gasteiger partial charge on any atom is 0.267 e. The molecule has 1 saturated carbocycles. The summed E-state index contributed by atoms with van der Waals surface area (Å²) >= 11 is 6.67. The van der Waals surface area contributed by atoms with Gasteiger partial charge in [0.1, 0.15) is 10.7 Å². The summed E-state index contributed by atoms with van der Waals surface area (Å²) in [5.41, 5.74) is 2.50. The zero-order valence-corrected chi connectivity index (χ0v) is 17.2. The molecule has 4 heterocycles. The fourth-order valence-corrected chi connectivity index (χ4v) is 4.99. The fraction of sp³-hybridized carbons (Fsp3) is 0.333. The van der Waals surface area contributed by atoms with Gasteiger partial charge in [-0.3, -0.25) is 14.6 Å². The number of aromatic nitrogens is 4. The second-order valence-electron chi connectivity index (χ2n) is 7.99. The van der Waals surface area contributed by atoms with E-state index < -0.39 is 0 Å². The number of guanidine groups is 1. The molecule has 0 saturated heterocycles. The summed E-state index contributed by atoms with van der Waals surface area (Å²) in [6, 6.07) is 10.5. The van der Waals surface area contributed by atoms with Gasteiger partial charge in [-0.25, -0.2) is 14.4 Å². The Morgan fingerprint density at radius 3 is 2.80 bits per heavy atom. The highest BCUT2D eigenvalue weighted by Crippen LogP contribution is 2.42. The van der Waals surface area contributed by atoms with Gasteiger partial charge in [-0.1, -0.05) is 23.7 Å². The van der Waals surface area contributed by atoms with Crippen LogP contribution in [0.15, 0.2) is 47.7 Å². The van der Waals surface area contributed by atoms with Crippen LogP contribution in [0.2, 0.25) is 5.15 Å². The minimum absolute atomic E-state index is 0.148. The van der Waals surface area contributed by atoms with Crippen LogP contribution in [0, 0.1) is 0 Å². The molecule has 6 rings (SSSR count). The lowest BCUT2D eigenvalue weighted by molar-refractivity contribution is 0.0865. The molecular weight excluding hydrogens is 402 g/mol. The Morgan fingerprint density at radius 2 is 2.03 bits per heavy atom. The summed E-state index contributed by atoms with van der Waals surface area (Å²) in [7, 11) is 1.76. The summed E-state index contributed by atoms with van der Waals surface area (Å²) in [5.74, 6) is 1.20. The monoisotopic (exact) mass is 421 g/mol. The molecule has 3 aliphatic rings. The standard InChI is InChI=1S/C21H20ClN7O/c1-26-20(30)17-18(22)28(12-13-6-8-14(9-7-13)27-11-3-10-23-27)25-19(17)29-16-5-2-4-15(16)24-21(26)29/h3,6-11,15-16H,2,4-5,12H2,1H3/t15-,16+/m1/s1. The van der Waals surface area contributed by atoms with E-state index in [1.165, 1.54) is 0 Å². The third-order valence-corrected chi connectivity index (χ3v) is 6.61. The molecule has 0 unspecified atom stereocenters. The quantitative estimate of drug-likeness (QED) is 0.651. The smallest absolute Gasteiger partial charge is 0.267 e. The predicted molar refractivity (Wildman–Crippen MR) is 113 cm³/mol. The van der Waals surface area contributed by atoms with E-state index in [-0.39, 0.29) is 18.0 Å². The number of carbonyl (C=O) groups excluding carboxylic acids is 1. The average molecular weight is 422 g/mol. The summed E-state index contributed by atoms with van der Waals surface area (Å²) in [5, 5.41) is 9.39. The Kier molecular flexibility index (Phi) is 3.80. The Bertz CT molecular complexity index is 1160. The van der Waals surface area contributed by atoms with E-state index in [0.717, 1.165) is 30.5 Å².